The van der Waals surface area contributed by atoms with E-state index in [1.165, 1.54) is 10.6 Å². The molecule has 0 spiro atoms. The van der Waals surface area contributed by atoms with Gasteiger partial charge in [0.2, 0.25) is 10.0 Å². The van der Waals surface area contributed by atoms with Gasteiger partial charge in [0.1, 0.15) is 0 Å². The first-order valence-electron chi connectivity index (χ1n) is 9.19. The van der Waals surface area contributed by atoms with Crippen molar-refractivity contribution in [3.05, 3.63) is 64.7 Å². The molecule has 5 nitrogen and oxygen atoms in total. The highest BCUT2D eigenvalue weighted by atomic mass is 32.2. The summed E-state index contributed by atoms with van der Waals surface area (Å²) < 4.78 is 26.3. The molecule has 0 radical (unpaired) electrons. The highest BCUT2D eigenvalue weighted by Gasteiger charge is 2.22. The van der Waals surface area contributed by atoms with Crippen LogP contribution in [-0.4, -0.2) is 38.6 Å². The third kappa shape index (κ3) is 4.33. The van der Waals surface area contributed by atoms with Gasteiger partial charge >= 0.3 is 0 Å². The maximum atomic E-state index is 12.5. The third-order valence-corrected chi connectivity index (χ3v) is 6.12. The largest absolute Gasteiger partial charge is 0.339 e. The van der Waals surface area contributed by atoms with E-state index in [0.717, 1.165) is 48.3 Å². The van der Waals surface area contributed by atoms with Crippen molar-refractivity contribution in [1.82, 2.24) is 4.90 Å². The molecule has 0 saturated carbocycles. The number of benzene rings is 2. The molecule has 3 rings (SSSR count). The van der Waals surface area contributed by atoms with Crippen molar-refractivity contribution in [3.8, 4) is 0 Å². The van der Waals surface area contributed by atoms with Crippen LogP contribution in [0.1, 0.15) is 39.9 Å². The highest BCUT2D eigenvalue weighted by molar-refractivity contribution is 7.92. The van der Waals surface area contributed by atoms with Gasteiger partial charge in [0.05, 0.1) is 18.5 Å². The van der Waals surface area contributed by atoms with Crippen LogP contribution >= 0.6 is 0 Å². The first kappa shape index (κ1) is 19.4. The smallest absolute Gasteiger partial charge is 0.253 e. The van der Waals surface area contributed by atoms with E-state index >= 15 is 0 Å². The molecule has 144 valence electrons. The summed E-state index contributed by atoms with van der Waals surface area (Å²) in [5, 5.41) is 0. The molecule has 27 heavy (non-hydrogen) atoms. The number of sulfonamides is 1. The molecule has 2 aromatic rings. The van der Waals surface area contributed by atoms with Crippen LogP contribution in [0.15, 0.2) is 42.5 Å². The fourth-order valence-corrected chi connectivity index (χ4v) is 4.59. The topological polar surface area (TPSA) is 57.7 Å². The minimum Gasteiger partial charge on any atom is -0.339 e. The Labute approximate surface area is 161 Å². The van der Waals surface area contributed by atoms with Gasteiger partial charge in [0, 0.05) is 18.7 Å². The number of aryl methyl sites for hydroxylation is 2. The molecular formula is C21H26N2O3S. The number of anilines is 1. The van der Waals surface area contributed by atoms with Crippen LogP contribution < -0.4 is 4.31 Å². The van der Waals surface area contributed by atoms with Gasteiger partial charge in [-0.25, -0.2) is 8.42 Å². The van der Waals surface area contributed by atoms with Gasteiger partial charge in [-0.05, 0) is 55.5 Å². The maximum Gasteiger partial charge on any atom is 0.253 e. The van der Waals surface area contributed by atoms with Crippen LogP contribution in [0.5, 0.6) is 0 Å². The average molecular weight is 387 g/mol. The molecular weight excluding hydrogens is 360 g/mol. The van der Waals surface area contributed by atoms with Crippen LogP contribution in [0.2, 0.25) is 0 Å². The molecule has 1 heterocycles. The van der Waals surface area contributed by atoms with E-state index < -0.39 is 10.0 Å². The standard InChI is InChI=1S/C21H26N2O3S/c1-16-7-6-8-17(2)20(16)23(27(3,25)26)15-18-9-11-19(12-10-18)21(24)22-13-4-5-14-22/h6-12H,4-5,13-15H2,1-3H3. The van der Waals surface area contributed by atoms with Crippen LogP contribution in [0, 0.1) is 13.8 Å². The molecule has 1 aliphatic rings. The molecule has 0 unspecified atom stereocenters. The van der Waals surface area contributed by atoms with E-state index in [4.69, 9.17) is 0 Å². The molecule has 0 aromatic heterocycles. The summed E-state index contributed by atoms with van der Waals surface area (Å²) in [7, 11) is -3.44. The number of rotatable bonds is 5. The second-order valence-electron chi connectivity index (χ2n) is 7.21. The minimum absolute atomic E-state index is 0.0498. The number of carbonyl (C=O) groups is 1. The molecule has 2 aromatic carbocycles. The fourth-order valence-electron chi connectivity index (χ4n) is 3.58. The van der Waals surface area contributed by atoms with Gasteiger partial charge in [0.15, 0.2) is 0 Å². The van der Waals surface area contributed by atoms with Crippen LogP contribution in [0.4, 0.5) is 5.69 Å². The highest BCUT2D eigenvalue weighted by Crippen LogP contribution is 2.28. The third-order valence-electron chi connectivity index (χ3n) is 5.01. The lowest BCUT2D eigenvalue weighted by Gasteiger charge is -2.26. The van der Waals surface area contributed by atoms with Crippen LogP contribution in [0.25, 0.3) is 0 Å². The first-order valence-corrected chi connectivity index (χ1v) is 11.0. The molecule has 0 N–H and O–H groups in total. The number of para-hydroxylation sites is 1. The average Bonchev–Trinajstić information content (AvgIpc) is 3.14. The zero-order valence-electron chi connectivity index (χ0n) is 16.1. The first-order chi connectivity index (χ1) is 12.8. The second kappa shape index (κ2) is 7.72. The van der Waals surface area contributed by atoms with Gasteiger partial charge < -0.3 is 4.90 Å². The Balaban J connectivity index is 1.86. The van der Waals surface area contributed by atoms with Gasteiger partial charge in [-0.2, -0.15) is 0 Å². The lowest BCUT2D eigenvalue weighted by Crippen LogP contribution is -2.30. The van der Waals surface area contributed by atoms with Crippen molar-refractivity contribution < 1.29 is 13.2 Å². The van der Waals surface area contributed by atoms with E-state index in [1.54, 1.807) is 12.1 Å². The number of amides is 1. The zero-order chi connectivity index (χ0) is 19.6. The Kier molecular flexibility index (Phi) is 5.56. The van der Waals surface area contributed by atoms with Crippen LogP contribution in [0.3, 0.4) is 0 Å². The van der Waals surface area contributed by atoms with E-state index in [-0.39, 0.29) is 12.5 Å². The Morgan fingerprint density at radius 3 is 2.07 bits per heavy atom. The predicted octanol–water partition coefficient (Wildman–Crippen LogP) is 3.51. The molecule has 1 aliphatic heterocycles. The maximum absolute atomic E-state index is 12.5. The van der Waals surface area contributed by atoms with E-state index in [1.807, 2.05) is 49.1 Å². The van der Waals surface area contributed by atoms with E-state index in [2.05, 4.69) is 0 Å². The molecule has 6 heteroatoms. The molecule has 1 amide bonds. The molecule has 0 bridgehead atoms. The number of hydrogen-bond acceptors (Lipinski definition) is 3. The van der Waals surface area contributed by atoms with Crippen molar-refractivity contribution in [3.63, 3.8) is 0 Å². The second-order valence-corrected chi connectivity index (χ2v) is 9.11. The van der Waals surface area contributed by atoms with Crippen LogP contribution in [-0.2, 0) is 16.6 Å². The van der Waals surface area contributed by atoms with Crippen molar-refractivity contribution in [2.75, 3.05) is 23.7 Å². The Bertz CT molecular complexity index is 910. The molecule has 0 aliphatic carbocycles. The van der Waals surface area contributed by atoms with E-state index in [9.17, 15) is 13.2 Å². The van der Waals surface area contributed by atoms with E-state index in [0.29, 0.717) is 5.56 Å². The molecule has 1 saturated heterocycles. The van der Waals surface area contributed by atoms with Crippen molar-refractivity contribution in [1.29, 1.82) is 0 Å². The van der Waals surface area contributed by atoms with Gasteiger partial charge in [0.25, 0.3) is 5.91 Å². The number of carbonyl (C=O) groups excluding carboxylic acids is 1. The lowest BCUT2D eigenvalue weighted by molar-refractivity contribution is 0.0793. The predicted molar refractivity (Wildman–Crippen MR) is 109 cm³/mol. The number of likely N-dealkylation sites (tertiary alicyclic amines) is 1. The summed E-state index contributed by atoms with van der Waals surface area (Å²) >= 11 is 0. The minimum atomic E-state index is -3.44. The van der Waals surface area contributed by atoms with Gasteiger partial charge in [-0.3, -0.25) is 9.10 Å². The van der Waals surface area contributed by atoms with Crippen molar-refractivity contribution >= 4 is 21.6 Å². The summed E-state index contributed by atoms with van der Waals surface area (Å²) in [5.41, 5.74) is 4.06. The SMILES string of the molecule is Cc1cccc(C)c1N(Cc1ccc(C(=O)N2CCCC2)cc1)S(C)(=O)=O. The molecule has 0 atom stereocenters. The monoisotopic (exact) mass is 386 g/mol. The fraction of sp³-hybridized carbons (Fsp3) is 0.381. The van der Waals surface area contributed by atoms with Crippen molar-refractivity contribution in [2.45, 2.75) is 33.2 Å². The number of hydrogen-bond donors (Lipinski definition) is 0. The summed E-state index contributed by atoms with van der Waals surface area (Å²) in [6.45, 7) is 5.70. The Morgan fingerprint density at radius 2 is 1.56 bits per heavy atom. The lowest BCUT2D eigenvalue weighted by atomic mass is 10.1. The summed E-state index contributed by atoms with van der Waals surface area (Å²) in [6.07, 6.45) is 3.34. The Hall–Kier alpha value is -2.34. The summed E-state index contributed by atoms with van der Waals surface area (Å²) in [6, 6.07) is 13.0. The van der Waals surface area contributed by atoms with Crippen molar-refractivity contribution in [2.24, 2.45) is 0 Å². The normalized spacial score (nSPS) is 14.4. The summed E-state index contributed by atoms with van der Waals surface area (Å²) in [5.74, 6) is 0.0498. The van der Waals surface area contributed by atoms with Gasteiger partial charge in [-0.1, -0.05) is 30.3 Å². The quantitative estimate of drug-likeness (QED) is 0.790. The summed E-state index contributed by atoms with van der Waals surface area (Å²) in [4.78, 5) is 14.3. The number of nitrogens with zero attached hydrogens (tertiary/aromatic N) is 2. The zero-order valence-corrected chi connectivity index (χ0v) is 16.9. The van der Waals surface area contributed by atoms with Gasteiger partial charge in [-0.15, -0.1) is 0 Å². The molecule has 1 fully saturated rings. The Morgan fingerprint density at radius 1 is 1.00 bits per heavy atom.